The molecule has 3 aliphatic heterocycles. The second kappa shape index (κ2) is 11.1. The van der Waals surface area contributed by atoms with E-state index in [0.717, 1.165) is 22.4 Å². The Morgan fingerprint density at radius 1 is 1.11 bits per heavy atom. The number of aldehydes is 1. The molecule has 4 bridgehead atoms. The molecule has 11 nitrogen and oxygen atoms in total. The van der Waals surface area contributed by atoms with Crippen LogP contribution in [0.3, 0.4) is 0 Å². The predicted octanol–water partition coefficient (Wildman–Crippen LogP) is 5.61. The fourth-order valence-electron chi connectivity index (χ4n) is 6.97. The van der Waals surface area contributed by atoms with Crippen molar-refractivity contribution in [2.75, 3.05) is 5.32 Å². The number of ether oxygens (including phenoxy) is 1. The molecular formula is C36H39N5O6. The van der Waals surface area contributed by atoms with Gasteiger partial charge in [0.15, 0.2) is 24.0 Å². The third kappa shape index (κ3) is 4.57. The van der Waals surface area contributed by atoms with E-state index in [9.17, 15) is 14.4 Å². The van der Waals surface area contributed by atoms with Gasteiger partial charge in [0.05, 0.1) is 0 Å². The Hall–Kier alpha value is -4.93. The molecule has 5 heterocycles. The maximum absolute atomic E-state index is 14.1. The van der Waals surface area contributed by atoms with Crippen LogP contribution in [0.25, 0.3) is 11.6 Å². The number of fused-ring (bicyclic) bond motifs is 4. The highest BCUT2D eigenvalue weighted by atomic mass is 16.5. The standard InChI is InChI=1S/C36H39N5O6/c1-7-35(6,8-2)33(44)38-24-16-20-13-14-26-22(15-20)36(21-11-9-10-12-23(21)39-34(36)46-26)29-28(32-37-25(17-42)19(5)45-32)41-31(47-29)27(18(3)4)40-30(24)43/h9-15,17-18,24,27,34,39H,7-8,16H2,1-6H3,(H,38,44)(H,40,43)/t24-,27-,34?,36?/m0/s1. The van der Waals surface area contributed by atoms with Crippen LogP contribution >= 0.6 is 0 Å². The normalized spacial score (nSPS) is 22.7. The average Bonchev–Trinajstić information content (AvgIpc) is 3.81. The van der Waals surface area contributed by atoms with Gasteiger partial charge >= 0.3 is 0 Å². The van der Waals surface area contributed by atoms with Crippen LogP contribution in [0.15, 0.2) is 51.3 Å². The highest BCUT2D eigenvalue weighted by molar-refractivity contribution is 5.90. The van der Waals surface area contributed by atoms with Gasteiger partial charge in [-0.05, 0) is 48.9 Å². The summed E-state index contributed by atoms with van der Waals surface area (Å²) >= 11 is 0. The average molecular weight is 638 g/mol. The zero-order valence-corrected chi connectivity index (χ0v) is 27.4. The number of hydrogen-bond acceptors (Lipinski definition) is 9. The lowest BCUT2D eigenvalue weighted by Crippen LogP contribution is -2.52. The molecule has 11 heteroatoms. The molecule has 47 heavy (non-hydrogen) atoms. The molecule has 0 aliphatic carbocycles. The van der Waals surface area contributed by atoms with Crippen LogP contribution in [-0.4, -0.2) is 40.3 Å². The van der Waals surface area contributed by atoms with Gasteiger partial charge in [-0.25, -0.2) is 9.97 Å². The monoisotopic (exact) mass is 637 g/mol. The lowest BCUT2D eigenvalue weighted by Gasteiger charge is -2.30. The van der Waals surface area contributed by atoms with Gasteiger partial charge in [0, 0.05) is 23.1 Å². The highest BCUT2D eigenvalue weighted by Gasteiger charge is 2.61. The summed E-state index contributed by atoms with van der Waals surface area (Å²) in [4.78, 5) is 49.0. The number of nitrogens with zero attached hydrogens (tertiary/aromatic N) is 2. The van der Waals surface area contributed by atoms with Crippen molar-refractivity contribution >= 4 is 23.8 Å². The molecule has 2 aromatic heterocycles. The number of amides is 2. The van der Waals surface area contributed by atoms with Gasteiger partial charge in [-0.2, -0.15) is 0 Å². The van der Waals surface area contributed by atoms with E-state index in [1.54, 1.807) is 6.92 Å². The van der Waals surface area contributed by atoms with Crippen LogP contribution in [0.2, 0.25) is 0 Å². The SMILES string of the molecule is CCC(C)(CC)C(=O)N[C@H]1Cc2ccc3c(c2)C2(c4ccccc4NC2O3)c2oc(nc2-c2nc(C=O)c(C)o2)[C@H](C(C)C)NC1=O. The van der Waals surface area contributed by atoms with Crippen LogP contribution < -0.4 is 20.7 Å². The molecule has 4 aromatic rings. The number of anilines is 1. The number of carbonyl (C=O) groups excluding carboxylic acids is 3. The Morgan fingerprint density at radius 2 is 1.87 bits per heavy atom. The number of carbonyl (C=O) groups is 3. The van der Waals surface area contributed by atoms with Crippen molar-refractivity contribution in [3.63, 3.8) is 0 Å². The van der Waals surface area contributed by atoms with Crippen molar-refractivity contribution < 1.29 is 28.0 Å². The molecule has 0 saturated carbocycles. The molecule has 2 aromatic carbocycles. The minimum Gasteiger partial charge on any atom is -0.469 e. The van der Waals surface area contributed by atoms with Crippen LogP contribution in [0, 0.1) is 18.3 Å². The predicted molar refractivity (Wildman–Crippen MR) is 173 cm³/mol. The second-order valence-electron chi connectivity index (χ2n) is 13.4. The Morgan fingerprint density at radius 3 is 2.57 bits per heavy atom. The second-order valence-corrected chi connectivity index (χ2v) is 13.4. The number of benzene rings is 2. The highest BCUT2D eigenvalue weighted by Crippen LogP contribution is 2.59. The fourth-order valence-corrected chi connectivity index (χ4v) is 6.97. The number of hydrogen-bond donors (Lipinski definition) is 3. The van der Waals surface area contributed by atoms with Gasteiger partial charge in [0.2, 0.25) is 23.6 Å². The number of aromatic nitrogens is 2. The van der Waals surface area contributed by atoms with E-state index in [0.29, 0.717) is 42.1 Å². The maximum atomic E-state index is 14.1. The zero-order valence-electron chi connectivity index (χ0n) is 27.4. The van der Waals surface area contributed by atoms with E-state index in [2.05, 4.69) is 20.9 Å². The summed E-state index contributed by atoms with van der Waals surface area (Å²) in [7, 11) is 0. The summed E-state index contributed by atoms with van der Waals surface area (Å²) < 4.78 is 19.5. The first-order valence-corrected chi connectivity index (χ1v) is 16.3. The summed E-state index contributed by atoms with van der Waals surface area (Å²) in [6.45, 7) is 11.5. The number of oxazole rings is 2. The van der Waals surface area contributed by atoms with Crippen molar-refractivity contribution in [2.24, 2.45) is 11.3 Å². The molecule has 1 spiro atoms. The van der Waals surface area contributed by atoms with Crippen molar-refractivity contribution in [2.45, 2.75) is 84.5 Å². The lowest BCUT2D eigenvalue weighted by molar-refractivity contribution is -0.135. The maximum Gasteiger partial charge on any atom is 0.249 e. The Labute approximate surface area is 272 Å². The van der Waals surface area contributed by atoms with E-state index in [-0.39, 0.29) is 41.6 Å². The summed E-state index contributed by atoms with van der Waals surface area (Å²) in [5, 5.41) is 9.77. The topological polar surface area (TPSA) is 149 Å². The van der Waals surface area contributed by atoms with Gasteiger partial charge < -0.3 is 29.5 Å². The molecule has 244 valence electrons. The summed E-state index contributed by atoms with van der Waals surface area (Å²) in [6.07, 6.45) is 1.58. The van der Waals surface area contributed by atoms with Gasteiger partial charge in [0.1, 0.15) is 34.7 Å². The first kappa shape index (κ1) is 30.7. The van der Waals surface area contributed by atoms with Gasteiger partial charge in [-0.1, -0.05) is 65.0 Å². The number of rotatable bonds is 7. The van der Waals surface area contributed by atoms with E-state index in [1.165, 1.54) is 0 Å². The van der Waals surface area contributed by atoms with E-state index in [1.807, 2.05) is 77.1 Å². The van der Waals surface area contributed by atoms with Gasteiger partial charge in [0.25, 0.3) is 0 Å². The molecular weight excluding hydrogens is 598 g/mol. The van der Waals surface area contributed by atoms with Gasteiger partial charge in [-0.15, -0.1) is 0 Å². The Kier molecular flexibility index (Phi) is 7.25. The van der Waals surface area contributed by atoms with Crippen molar-refractivity contribution in [1.29, 1.82) is 0 Å². The third-order valence-electron chi connectivity index (χ3n) is 10.3. The Balaban J connectivity index is 1.49. The van der Waals surface area contributed by atoms with Crippen LogP contribution in [-0.2, 0) is 21.4 Å². The van der Waals surface area contributed by atoms with Crippen LogP contribution in [0.5, 0.6) is 5.75 Å². The van der Waals surface area contributed by atoms with Crippen molar-refractivity contribution in [3.8, 4) is 17.3 Å². The van der Waals surface area contributed by atoms with E-state index in [4.69, 9.17) is 18.6 Å². The number of nitrogens with one attached hydrogen (secondary N) is 3. The quantitative estimate of drug-likeness (QED) is 0.220. The first-order chi connectivity index (χ1) is 22.5. The molecule has 0 radical (unpaired) electrons. The van der Waals surface area contributed by atoms with Crippen LogP contribution in [0.4, 0.5) is 5.69 Å². The number of para-hydroxylation sites is 1. The van der Waals surface area contributed by atoms with E-state index < -0.39 is 29.1 Å². The van der Waals surface area contributed by atoms with Crippen LogP contribution in [0.1, 0.15) is 98.1 Å². The largest absolute Gasteiger partial charge is 0.469 e. The van der Waals surface area contributed by atoms with Crippen molar-refractivity contribution in [1.82, 2.24) is 20.6 Å². The minimum atomic E-state index is -1.03. The molecule has 4 atom stereocenters. The minimum absolute atomic E-state index is 0.129. The molecule has 3 N–H and O–H groups in total. The zero-order chi connectivity index (χ0) is 33.2. The molecule has 2 unspecified atom stereocenters. The number of aryl methyl sites for hydroxylation is 1. The van der Waals surface area contributed by atoms with E-state index >= 15 is 0 Å². The Bertz CT molecular complexity index is 1900. The molecule has 3 aliphatic rings. The smallest absolute Gasteiger partial charge is 0.249 e. The third-order valence-corrected chi connectivity index (χ3v) is 10.3. The summed E-state index contributed by atoms with van der Waals surface area (Å²) in [5.41, 5.74) is 2.27. The van der Waals surface area contributed by atoms with Crippen molar-refractivity contribution in [3.05, 3.63) is 82.3 Å². The fraction of sp³-hybridized carbons (Fsp3) is 0.417. The molecule has 0 fully saturated rings. The molecule has 2 amide bonds. The molecule has 7 rings (SSSR count). The lowest BCUT2D eigenvalue weighted by atomic mass is 9.72. The first-order valence-electron chi connectivity index (χ1n) is 16.3. The molecule has 0 saturated heterocycles. The summed E-state index contributed by atoms with van der Waals surface area (Å²) in [6, 6.07) is 12.3. The summed E-state index contributed by atoms with van der Waals surface area (Å²) in [5.74, 6) is 1.14. The van der Waals surface area contributed by atoms with Gasteiger partial charge in [-0.3, -0.25) is 14.4 Å².